The Morgan fingerprint density at radius 1 is 1.33 bits per heavy atom. The second kappa shape index (κ2) is 7.22. The van der Waals surface area contributed by atoms with Gasteiger partial charge < -0.3 is 20.6 Å². The monoisotopic (exact) mass is 297 g/mol. The molecule has 1 aromatic rings. The smallest absolute Gasteiger partial charge is 0.338 e. The second-order valence-electron chi connectivity index (χ2n) is 4.27. The molecule has 21 heavy (non-hydrogen) atoms. The van der Waals surface area contributed by atoms with Gasteiger partial charge in [0.1, 0.15) is 5.82 Å². The summed E-state index contributed by atoms with van der Waals surface area (Å²) in [6.07, 6.45) is 0.146. The zero-order chi connectivity index (χ0) is 16.0. The van der Waals surface area contributed by atoms with E-state index in [0.717, 1.165) is 12.1 Å². The summed E-state index contributed by atoms with van der Waals surface area (Å²) in [7, 11) is 2.98. The highest BCUT2D eigenvalue weighted by Crippen LogP contribution is 2.15. The van der Waals surface area contributed by atoms with Crippen LogP contribution in [-0.2, 0) is 4.79 Å². The molecule has 3 amide bonds. The number of aromatic carboxylic acids is 1. The molecule has 1 aromatic carbocycles. The number of carboxylic acid groups (broad SMARTS) is 1. The first-order valence-electron chi connectivity index (χ1n) is 6.10. The first-order chi connectivity index (χ1) is 9.85. The lowest BCUT2D eigenvalue weighted by Crippen LogP contribution is -2.34. The van der Waals surface area contributed by atoms with Gasteiger partial charge in [0.15, 0.2) is 0 Å². The SMILES string of the molecule is CNC(=O)CCN(C)C(=O)Nc1ccc(C(=O)O)c(F)c1. The summed E-state index contributed by atoms with van der Waals surface area (Å²) in [6.45, 7) is 0.196. The van der Waals surface area contributed by atoms with Gasteiger partial charge in [0.25, 0.3) is 0 Å². The molecule has 0 saturated heterocycles. The molecule has 114 valence electrons. The number of carbonyl (C=O) groups is 3. The zero-order valence-electron chi connectivity index (χ0n) is 11.6. The predicted octanol–water partition coefficient (Wildman–Crippen LogP) is 1.12. The molecule has 0 atom stereocenters. The molecule has 0 radical (unpaired) electrons. The Labute approximate surface area is 120 Å². The number of hydrogen-bond donors (Lipinski definition) is 3. The predicted molar refractivity (Wildman–Crippen MR) is 73.7 cm³/mol. The third-order valence-electron chi connectivity index (χ3n) is 2.75. The normalized spacial score (nSPS) is 9.86. The summed E-state index contributed by atoms with van der Waals surface area (Å²) in [5, 5.41) is 13.5. The molecule has 0 aliphatic heterocycles. The Morgan fingerprint density at radius 3 is 2.52 bits per heavy atom. The minimum Gasteiger partial charge on any atom is -0.478 e. The standard InChI is InChI=1S/C13H16FN3O4/c1-15-11(18)5-6-17(2)13(21)16-8-3-4-9(12(19)20)10(14)7-8/h3-4,7H,5-6H2,1-2H3,(H,15,18)(H,16,21)(H,19,20). The summed E-state index contributed by atoms with van der Waals surface area (Å²) in [5.41, 5.74) is -0.338. The fraction of sp³-hybridized carbons (Fsp3) is 0.308. The highest BCUT2D eigenvalue weighted by Gasteiger charge is 2.13. The minimum absolute atomic E-state index is 0.134. The maximum atomic E-state index is 13.5. The Kier molecular flexibility index (Phi) is 5.65. The van der Waals surface area contributed by atoms with Crippen LogP contribution in [0, 0.1) is 5.82 Å². The summed E-state index contributed by atoms with van der Waals surface area (Å²) >= 11 is 0. The van der Waals surface area contributed by atoms with E-state index in [4.69, 9.17) is 5.11 Å². The lowest BCUT2D eigenvalue weighted by Gasteiger charge is -2.17. The number of urea groups is 1. The number of benzene rings is 1. The Hall–Kier alpha value is -2.64. The molecule has 0 aliphatic carbocycles. The number of rotatable bonds is 5. The Bertz CT molecular complexity index is 562. The quantitative estimate of drug-likeness (QED) is 0.758. The van der Waals surface area contributed by atoms with E-state index >= 15 is 0 Å². The Balaban J connectivity index is 2.64. The van der Waals surface area contributed by atoms with Crippen LogP contribution in [0.25, 0.3) is 0 Å². The highest BCUT2D eigenvalue weighted by molar-refractivity contribution is 5.92. The molecular formula is C13H16FN3O4. The number of nitrogens with zero attached hydrogens (tertiary/aromatic N) is 1. The molecule has 0 aromatic heterocycles. The second-order valence-corrected chi connectivity index (χ2v) is 4.27. The van der Waals surface area contributed by atoms with Crippen LogP contribution >= 0.6 is 0 Å². The molecule has 0 heterocycles. The van der Waals surface area contributed by atoms with Crippen molar-refractivity contribution >= 4 is 23.6 Å². The summed E-state index contributed by atoms with van der Waals surface area (Å²) in [5.74, 6) is -2.52. The van der Waals surface area contributed by atoms with Crippen LogP contribution in [-0.4, -0.2) is 48.6 Å². The first-order valence-corrected chi connectivity index (χ1v) is 6.10. The van der Waals surface area contributed by atoms with Crippen molar-refractivity contribution in [2.24, 2.45) is 0 Å². The van der Waals surface area contributed by atoms with Gasteiger partial charge in [-0.05, 0) is 18.2 Å². The molecule has 8 heteroatoms. The summed E-state index contributed by atoms with van der Waals surface area (Å²) in [4.78, 5) is 34.8. The van der Waals surface area contributed by atoms with Crippen LogP contribution in [0.2, 0.25) is 0 Å². The molecule has 7 nitrogen and oxygen atoms in total. The number of nitrogens with one attached hydrogen (secondary N) is 2. The number of hydrogen-bond acceptors (Lipinski definition) is 3. The van der Waals surface area contributed by atoms with E-state index in [2.05, 4.69) is 10.6 Å². The molecular weight excluding hydrogens is 281 g/mol. The number of halogens is 1. The van der Waals surface area contributed by atoms with E-state index in [-0.39, 0.29) is 24.6 Å². The lowest BCUT2D eigenvalue weighted by atomic mass is 10.2. The maximum Gasteiger partial charge on any atom is 0.338 e. The van der Waals surface area contributed by atoms with E-state index in [1.54, 1.807) is 0 Å². The number of amides is 3. The van der Waals surface area contributed by atoms with Crippen molar-refractivity contribution in [2.45, 2.75) is 6.42 Å². The van der Waals surface area contributed by atoms with Crippen LogP contribution in [0.15, 0.2) is 18.2 Å². The van der Waals surface area contributed by atoms with E-state index in [1.165, 1.54) is 25.1 Å². The number of anilines is 1. The third kappa shape index (κ3) is 4.75. The molecule has 0 fully saturated rings. The molecule has 0 unspecified atom stereocenters. The Morgan fingerprint density at radius 2 is 2.00 bits per heavy atom. The zero-order valence-corrected chi connectivity index (χ0v) is 11.6. The molecule has 3 N–H and O–H groups in total. The van der Waals surface area contributed by atoms with Gasteiger partial charge in [-0.25, -0.2) is 14.0 Å². The largest absolute Gasteiger partial charge is 0.478 e. The maximum absolute atomic E-state index is 13.5. The van der Waals surface area contributed by atoms with E-state index < -0.39 is 23.4 Å². The van der Waals surface area contributed by atoms with Crippen molar-refractivity contribution in [3.8, 4) is 0 Å². The van der Waals surface area contributed by atoms with Gasteiger partial charge in [0, 0.05) is 32.7 Å². The van der Waals surface area contributed by atoms with Gasteiger partial charge in [0.05, 0.1) is 5.56 Å². The van der Waals surface area contributed by atoms with Crippen LogP contribution in [0.5, 0.6) is 0 Å². The van der Waals surface area contributed by atoms with Gasteiger partial charge >= 0.3 is 12.0 Å². The summed E-state index contributed by atoms with van der Waals surface area (Å²) < 4.78 is 13.5. The minimum atomic E-state index is -1.38. The topological polar surface area (TPSA) is 98.7 Å². The molecule has 0 bridgehead atoms. The average molecular weight is 297 g/mol. The van der Waals surface area contributed by atoms with Crippen molar-refractivity contribution < 1.29 is 23.9 Å². The number of carboxylic acids is 1. The van der Waals surface area contributed by atoms with Gasteiger partial charge in [-0.15, -0.1) is 0 Å². The van der Waals surface area contributed by atoms with E-state index in [9.17, 15) is 18.8 Å². The fourth-order valence-electron chi connectivity index (χ4n) is 1.48. The van der Waals surface area contributed by atoms with Crippen LogP contribution in [0.3, 0.4) is 0 Å². The third-order valence-corrected chi connectivity index (χ3v) is 2.75. The van der Waals surface area contributed by atoms with Crippen molar-refractivity contribution in [1.82, 2.24) is 10.2 Å². The van der Waals surface area contributed by atoms with Crippen LogP contribution in [0.4, 0.5) is 14.9 Å². The average Bonchev–Trinajstić information content (AvgIpc) is 2.43. The molecule has 0 spiro atoms. The van der Waals surface area contributed by atoms with Gasteiger partial charge in [-0.2, -0.15) is 0 Å². The first kappa shape index (κ1) is 16.4. The molecule has 0 aliphatic rings. The highest BCUT2D eigenvalue weighted by atomic mass is 19.1. The van der Waals surface area contributed by atoms with Gasteiger partial charge in [-0.3, -0.25) is 4.79 Å². The van der Waals surface area contributed by atoms with Crippen molar-refractivity contribution in [1.29, 1.82) is 0 Å². The molecule has 1 rings (SSSR count). The lowest BCUT2D eigenvalue weighted by molar-refractivity contribution is -0.120. The van der Waals surface area contributed by atoms with E-state index in [1.807, 2.05) is 0 Å². The van der Waals surface area contributed by atoms with Crippen LogP contribution < -0.4 is 10.6 Å². The van der Waals surface area contributed by atoms with Crippen molar-refractivity contribution in [2.75, 3.05) is 26.0 Å². The van der Waals surface area contributed by atoms with Crippen molar-refractivity contribution in [3.05, 3.63) is 29.6 Å². The van der Waals surface area contributed by atoms with Crippen LogP contribution in [0.1, 0.15) is 16.8 Å². The van der Waals surface area contributed by atoms with Crippen molar-refractivity contribution in [3.63, 3.8) is 0 Å². The molecule has 0 saturated carbocycles. The number of carbonyl (C=O) groups excluding carboxylic acids is 2. The fourth-order valence-corrected chi connectivity index (χ4v) is 1.48. The van der Waals surface area contributed by atoms with Gasteiger partial charge in [0.2, 0.25) is 5.91 Å². The van der Waals surface area contributed by atoms with Gasteiger partial charge in [-0.1, -0.05) is 0 Å². The summed E-state index contributed by atoms with van der Waals surface area (Å²) in [6, 6.07) is 2.75. The van der Waals surface area contributed by atoms with E-state index in [0.29, 0.717) is 0 Å².